The lowest BCUT2D eigenvalue weighted by Crippen LogP contribution is -2.33. The van der Waals surface area contributed by atoms with Gasteiger partial charge in [0.2, 0.25) is 5.91 Å². The van der Waals surface area contributed by atoms with Crippen LogP contribution < -0.4 is 10.1 Å². The molecule has 1 amide bonds. The molecule has 0 aromatic heterocycles. The third-order valence-electron chi connectivity index (χ3n) is 5.08. The van der Waals surface area contributed by atoms with E-state index in [4.69, 9.17) is 14.2 Å². The number of amides is 1. The van der Waals surface area contributed by atoms with Gasteiger partial charge in [0, 0.05) is 25.8 Å². The molecule has 1 N–H and O–H groups in total. The van der Waals surface area contributed by atoms with Crippen molar-refractivity contribution in [3.8, 4) is 5.75 Å². The summed E-state index contributed by atoms with van der Waals surface area (Å²) in [7, 11) is 0. The number of carbonyl (C=O) groups excluding carboxylic acids is 1. The molecule has 1 aliphatic heterocycles. The summed E-state index contributed by atoms with van der Waals surface area (Å²) >= 11 is 0. The van der Waals surface area contributed by atoms with Crippen molar-refractivity contribution in [2.24, 2.45) is 5.92 Å². The van der Waals surface area contributed by atoms with Crippen LogP contribution in [0, 0.1) is 5.92 Å². The van der Waals surface area contributed by atoms with Gasteiger partial charge in [0.25, 0.3) is 0 Å². The maximum atomic E-state index is 10.8. The number of nitrogens with one attached hydrogen (secondary N) is 1. The Kier molecular flexibility index (Phi) is 7.32. The first kappa shape index (κ1) is 19.2. The van der Waals surface area contributed by atoms with Crippen LogP contribution in [0.1, 0.15) is 51.0 Å². The van der Waals surface area contributed by atoms with Gasteiger partial charge in [0.1, 0.15) is 5.75 Å². The lowest BCUT2D eigenvalue weighted by Gasteiger charge is -2.29. The minimum Gasteiger partial charge on any atom is -0.490 e. The molecule has 1 heterocycles. The Hall–Kier alpha value is -1.59. The maximum absolute atomic E-state index is 10.8. The smallest absolute Gasteiger partial charge is 0.216 e. The van der Waals surface area contributed by atoms with Crippen LogP contribution in [0.25, 0.3) is 0 Å². The van der Waals surface area contributed by atoms with Gasteiger partial charge < -0.3 is 19.5 Å². The molecular formula is C21H31NO4. The molecule has 144 valence electrons. The summed E-state index contributed by atoms with van der Waals surface area (Å²) in [6.45, 7) is 3.67. The normalized spacial score (nSPS) is 23.7. The first-order chi connectivity index (χ1) is 12.7. The topological polar surface area (TPSA) is 56.8 Å². The molecule has 0 bridgehead atoms. The Labute approximate surface area is 156 Å². The van der Waals surface area contributed by atoms with E-state index >= 15 is 0 Å². The van der Waals surface area contributed by atoms with Crippen LogP contribution >= 0.6 is 0 Å². The molecule has 0 atom stereocenters. The van der Waals surface area contributed by atoms with Gasteiger partial charge in [-0.15, -0.1) is 0 Å². The quantitative estimate of drug-likeness (QED) is 0.721. The highest BCUT2D eigenvalue weighted by atomic mass is 16.7. The van der Waals surface area contributed by atoms with Crippen LogP contribution in [0.4, 0.5) is 0 Å². The third kappa shape index (κ3) is 6.29. The monoisotopic (exact) mass is 361 g/mol. The molecule has 0 radical (unpaired) electrons. The van der Waals surface area contributed by atoms with E-state index in [1.165, 1.54) is 38.2 Å². The van der Waals surface area contributed by atoms with Gasteiger partial charge in [-0.05, 0) is 56.2 Å². The molecule has 2 aliphatic rings. The van der Waals surface area contributed by atoms with Gasteiger partial charge in [-0.25, -0.2) is 0 Å². The fraction of sp³-hybridized carbons (Fsp3) is 0.667. The van der Waals surface area contributed by atoms with Gasteiger partial charge in [-0.2, -0.15) is 0 Å². The van der Waals surface area contributed by atoms with E-state index in [1.807, 2.05) is 0 Å². The molecule has 1 saturated heterocycles. The zero-order valence-electron chi connectivity index (χ0n) is 15.7. The Balaban J connectivity index is 1.34. The van der Waals surface area contributed by atoms with Crippen molar-refractivity contribution < 1.29 is 19.0 Å². The summed E-state index contributed by atoms with van der Waals surface area (Å²) in [6.07, 6.45) is 7.87. The Morgan fingerprint density at radius 1 is 1.15 bits per heavy atom. The molecule has 2 fully saturated rings. The van der Waals surface area contributed by atoms with Crippen molar-refractivity contribution in [2.45, 2.75) is 64.3 Å². The highest BCUT2D eigenvalue weighted by Gasteiger charge is 2.22. The molecule has 26 heavy (non-hydrogen) atoms. The lowest BCUT2D eigenvalue weighted by atomic mass is 10.00. The Bertz CT molecular complexity index is 546. The summed E-state index contributed by atoms with van der Waals surface area (Å²) in [5.41, 5.74) is 1.30. The van der Waals surface area contributed by atoms with E-state index in [0.717, 1.165) is 38.2 Å². The summed E-state index contributed by atoms with van der Waals surface area (Å²) in [5, 5.41) is 2.79. The van der Waals surface area contributed by atoms with Crippen molar-refractivity contribution >= 4 is 5.91 Å². The van der Waals surface area contributed by atoms with E-state index in [2.05, 4.69) is 29.6 Å². The van der Waals surface area contributed by atoms with E-state index in [-0.39, 0.29) is 12.2 Å². The van der Waals surface area contributed by atoms with Crippen LogP contribution in [-0.2, 0) is 20.7 Å². The number of rotatable bonds is 8. The van der Waals surface area contributed by atoms with Crippen LogP contribution in [0.5, 0.6) is 5.75 Å². The van der Waals surface area contributed by atoms with Crippen LogP contribution in [-0.4, -0.2) is 38.1 Å². The van der Waals surface area contributed by atoms with Crippen molar-refractivity contribution in [1.82, 2.24) is 5.32 Å². The van der Waals surface area contributed by atoms with E-state index in [9.17, 15) is 4.79 Å². The average Bonchev–Trinajstić information content (AvgIpc) is 3.15. The van der Waals surface area contributed by atoms with Gasteiger partial charge in [-0.1, -0.05) is 12.1 Å². The summed E-state index contributed by atoms with van der Waals surface area (Å²) in [5.74, 6) is 1.38. The Morgan fingerprint density at radius 3 is 2.50 bits per heavy atom. The van der Waals surface area contributed by atoms with Crippen molar-refractivity contribution in [3.05, 3.63) is 29.8 Å². The molecule has 5 nitrogen and oxygen atoms in total. The van der Waals surface area contributed by atoms with Gasteiger partial charge in [0.05, 0.1) is 19.3 Å². The number of carbonyl (C=O) groups is 1. The minimum absolute atomic E-state index is 0.00945. The second kappa shape index (κ2) is 9.93. The van der Waals surface area contributed by atoms with Gasteiger partial charge in [-0.3, -0.25) is 4.79 Å². The van der Waals surface area contributed by atoms with Crippen molar-refractivity contribution in [1.29, 1.82) is 0 Å². The molecule has 1 aromatic carbocycles. The molecule has 3 rings (SSSR count). The molecule has 0 unspecified atom stereocenters. The van der Waals surface area contributed by atoms with E-state index in [1.54, 1.807) is 0 Å². The number of ether oxygens (including phenoxy) is 3. The third-order valence-corrected chi connectivity index (χ3v) is 5.08. The average molecular weight is 361 g/mol. The van der Waals surface area contributed by atoms with Crippen molar-refractivity contribution in [3.63, 3.8) is 0 Å². The highest BCUT2D eigenvalue weighted by Crippen LogP contribution is 2.25. The second-order valence-corrected chi connectivity index (χ2v) is 7.46. The SMILES string of the molecule is CC(=O)NCCCC1OCC(Cc2ccc(OC3CCCC3)cc2)CO1. The molecular weight excluding hydrogens is 330 g/mol. The zero-order chi connectivity index (χ0) is 18.2. The maximum Gasteiger partial charge on any atom is 0.216 e. The van der Waals surface area contributed by atoms with Crippen LogP contribution in [0.15, 0.2) is 24.3 Å². The standard InChI is InChI=1S/C21H31NO4/c1-16(23)22-12-4-7-21-24-14-18(15-25-21)13-17-8-10-20(11-9-17)26-19-5-2-3-6-19/h8-11,18-19,21H,2-7,12-15H2,1H3,(H,22,23). The minimum atomic E-state index is -0.137. The molecule has 1 saturated carbocycles. The zero-order valence-corrected chi connectivity index (χ0v) is 15.7. The van der Waals surface area contributed by atoms with Crippen molar-refractivity contribution in [2.75, 3.05) is 19.8 Å². The summed E-state index contributed by atoms with van der Waals surface area (Å²) in [4.78, 5) is 10.8. The summed E-state index contributed by atoms with van der Waals surface area (Å²) < 4.78 is 17.7. The first-order valence-corrected chi connectivity index (χ1v) is 9.92. The second-order valence-electron chi connectivity index (χ2n) is 7.46. The number of hydrogen-bond acceptors (Lipinski definition) is 4. The largest absolute Gasteiger partial charge is 0.490 e. The lowest BCUT2D eigenvalue weighted by molar-refractivity contribution is -0.202. The van der Waals surface area contributed by atoms with E-state index in [0.29, 0.717) is 18.6 Å². The first-order valence-electron chi connectivity index (χ1n) is 9.92. The highest BCUT2D eigenvalue weighted by molar-refractivity contribution is 5.72. The van der Waals surface area contributed by atoms with E-state index < -0.39 is 0 Å². The molecule has 5 heteroatoms. The van der Waals surface area contributed by atoms with Crippen LogP contribution in [0.2, 0.25) is 0 Å². The molecule has 1 aromatic rings. The number of benzene rings is 1. The predicted octanol–water partition coefficient (Wildman–Crippen LogP) is 3.46. The van der Waals surface area contributed by atoms with Gasteiger partial charge >= 0.3 is 0 Å². The fourth-order valence-electron chi connectivity index (χ4n) is 3.64. The fourth-order valence-corrected chi connectivity index (χ4v) is 3.64. The predicted molar refractivity (Wildman–Crippen MR) is 100 cm³/mol. The molecule has 1 aliphatic carbocycles. The van der Waals surface area contributed by atoms with Gasteiger partial charge in [0.15, 0.2) is 6.29 Å². The van der Waals surface area contributed by atoms with Crippen LogP contribution in [0.3, 0.4) is 0 Å². The molecule has 0 spiro atoms. The number of hydrogen-bond donors (Lipinski definition) is 1. The Morgan fingerprint density at radius 2 is 1.85 bits per heavy atom. The summed E-state index contributed by atoms with van der Waals surface area (Å²) in [6, 6.07) is 8.49.